The van der Waals surface area contributed by atoms with Crippen LogP contribution in [-0.4, -0.2) is 61.8 Å². The van der Waals surface area contributed by atoms with Gasteiger partial charge in [-0.1, -0.05) is 0 Å². The zero-order chi connectivity index (χ0) is 20.9. The van der Waals surface area contributed by atoms with Crippen LogP contribution in [0, 0.1) is 14.9 Å². The molecule has 0 aliphatic carbocycles. The normalized spacial score (nSPS) is 14.9. The number of nitrogens with zero attached hydrogens (tertiary/aromatic N) is 7. The highest BCUT2D eigenvalue weighted by molar-refractivity contribution is 7.71. The Kier molecular flexibility index (Phi) is 6.02. The van der Waals surface area contributed by atoms with Crippen molar-refractivity contribution in [2.75, 3.05) is 26.3 Å². The lowest BCUT2D eigenvalue weighted by molar-refractivity contribution is -0.384. The summed E-state index contributed by atoms with van der Waals surface area (Å²) in [5, 5.41) is 20.0. The minimum Gasteiger partial charge on any atom is -0.379 e. The molecular formula is C19H19N7O3S. The Balaban J connectivity index is 1.67. The van der Waals surface area contributed by atoms with E-state index in [4.69, 9.17) is 17.0 Å². The first-order valence-corrected chi connectivity index (χ1v) is 9.72. The van der Waals surface area contributed by atoms with Gasteiger partial charge >= 0.3 is 0 Å². The van der Waals surface area contributed by atoms with Crippen molar-refractivity contribution in [1.29, 1.82) is 0 Å². The first kappa shape index (κ1) is 20.0. The van der Waals surface area contributed by atoms with Gasteiger partial charge in [-0.05, 0) is 42.0 Å². The molecule has 0 saturated carbocycles. The summed E-state index contributed by atoms with van der Waals surface area (Å²) in [7, 11) is 0. The lowest BCUT2D eigenvalue weighted by Gasteiger charge is -2.25. The number of rotatable bonds is 6. The van der Waals surface area contributed by atoms with Gasteiger partial charge in [-0.15, -0.1) is 5.10 Å². The standard InChI is InChI=1S/C19H19N7O3S/c27-26(28)17-3-1-15(2-4-17)13-21-25-18(16-5-7-20-8-6-16)22-24(19(25)30)14-23-9-11-29-12-10-23/h1-8,13H,9-12,14H2. The van der Waals surface area contributed by atoms with Crippen LogP contribution in [0.25, 0.3) is 11.4 Å². The SMILES string of the molecule is O=[N+]([O-])c1ccc(C=Nn2c(-c3ccncc3)nn(CN3CCOCC3)c2=S)cc1. The number of ether oxygens (including phenoxy) is 1. The summed E-state index contributed by atoms with van der Waals surface area (Å²) in [4.78, 5) is 16.7. The second-order valence-corrected chi connectivity index (χ2v) is 6.98. The summed E-state index contributed by atoms with van der Waals surface area (Å²) < 4.78 is 9.18. The summed E-state index contributed by atoms with van der Waals surface area (Å²) in [5.41, 5.74) is 1.57. The fraction of sp³-hybridized carbons (Fsp3) is 0.263. The van der Waals surface area contributed by atoms with E-state index >= 15 is 0 Å². The Bertz CT molecular complexity index is 1100. The quantitative estimate of drug-likeness (QED) is 0.259. The van der Waals surface area contributed by atoms with Gasteiger partial charge in [0.1, 0.15) is 0 Å². The molecule has 0 N–H and O–H groups in total. The maximum Gasteiger partial charge on any atom is 0.269 e. The molecule has 10 nitrogen and oxygen atoms in total. The zero-order valence-electron chi connectivity index (χ0n) is 16.0. The fourth-order valence-electron chi connectivity index (χ4n) is 3.02. The molecule has 11 heteroatoms. The van der Waals surface area contributed by atoms with Gasteiger partial charge in [0.2, 0.25) is 4.77 Å². The Morgan fingerprint density at radius 2 is 1.87 bits per heavy atom. The number of nitro groups is 1. The topological polar surface area (TPSA) is 104 Å². The maximum atomic E-state index is 10.8. The minimum atomic E-state index is -0.436. The van der Waals surface area contributed by atoms with Crippen molar-refractivity contribution in [1.82, 2.24) is 24.3 Å². The van der Waals surface area contributed by atoms with Crippen LogP contribution >= 0.6 is 12.2 Å². The molecule has 1 fully saturated rings. The van der Waals surface area contributed by atoms with Gasteiger partial charge < -0.3 is 4.74 Å². The maximum absolute atomic E-state index is 10.8. The van der Waals surface area contributed by atoms with Crippen molar-refractivity contribution >= 4 is 24.1 Å². The van der Waals surface area contributed by atoms with E-state index in [-0.39, 0.29) is 5.69 Å². The molecular weight excluding hydrogens is 406 g/mol. The van der Waals surface area contributed by atoms with E-state index < -0.39 is 4.92 Å². The number of benzene rings is 1. The highest BCUT2D eigenvalue weighted by Gasteiger charge is 2.16. The van der Waals surface area contributed by atoms with Gasteiger partial charge in [0.15, 0.2) is 5.82 Å². The van der Waals surface area contributed by atoms with Crippen LogP contribution < -0.4 is 0 Å². The third kappa shape index (κ3) is 4.48. The Labute approximate surface area is 177 Å². The van der Waals surface area contributed by atoms with E-state index in [0.29, 0.717) is 36.0 Å². The summed E-state index contributed by atoms with van der Waals surface area (Å²) >= 11 is 5.64. The van der Waals surface area contributed by atoms with Crippen molar-refractivity contribution in [2.24, 2.45) is 5.10 Å². The average Bonchev–Trinajstić information content (AvgIpc) is 3.09. The lowest BCUT2D eigenvalue weighted by Crippen LogP contribution is -2.37. The van der Waals surface area contributed by atoms with Crippen molar-refractivity contribution in [3.05, 3.63) is 69.2 Å². The first-order valence-electron chi connectivity index (χ1n) is 9.31. The second-order valence-electron chi connectivity index (χ2n) is 6.62. The van der Waals surface area contributed by atoms with Crippen molar-refractivity contribution in [2.45, 2.75) is 6.67 Å². The molecule has 3 aromatic rings. The number of pyridine rings is 1. The third-order valence-electron chi connectivity index (χ3n) is 4.62. The van der Waals surface area contributed by atoms with E-state index in [9.17, 15) is 10.1 Å². The van der Waals surface area contributed by atoms with E-state index in [1.54, 1.807) is 40.1 Å². The third-order valence-corrected chi connectivity index (χ3v) is 5.00. The van der Waals surface area contributed by atoms with Gasteiger partial charge in [-0.25, -0.2) is 4.68 Å². The zero-order valence-corrected chi connectivity index (χ0v) is 16.8. The van der Waals surface area contributed by atoms with E-state index in [2.05, 4.69) is 20.1 Å². The number of morpholine rings is 1. The van der Waals surface area contributed by atoms with Crippen LogP contribution in [0.15, 0.2) is 53.9 Å². The molecule has 154 valence electrons. The molecule has 0 atom stereocenters. The molecule has 1 saturated heterocycles. The highest BCUT2D eigenvalue weighted by Crippen LogP contribution is 2.18. The van der Waals surface area contributed by atoms with Gasteiger partial charge in [-0.3, -0.25) is 20.0 Å². The predicted octanol–water partition coefficient (Wildman–Crippen LogP) is 2.56. The molecule has 30 heavy (non-hydrogen) atoms. The molecule has 1 aromatic carbocycles. The summed E-state index contributed by atoms with van der Waals surface area (Å²) in [6, 6.07) is 9.83. The Hall–Kier alpha value is -3.28. The molecule has 2 aromatic heterocycles. The Morgan fingerprint density at radius 3 is 2.53 bits per heavy atom. The largest absolute Gasteiger partial charge is 0.379 e. The second kappa shape index (κ2) is 9.03. The number of non-ortho nitro benzene ring substituents is 1. The highest BCUT2D eigenvalue weighted by atomic mass is 32.1. The van der Waals surface area contributed by atoms with Gasteiger partial charge in [-0.2, -0.15) is 9.78 Å². The van der Waals surface area contributed by atoms with Crippen molar-refractivity contribution in [3.8, 4) is 11.4 Å². The molecule has 4 rings (SSSR count). The average molecular weight is 425 g/mol. The first-order chi connectivity index (χ1) is 14.6. The van der Waals surface area contributed by atoms with E-state index in [0.717, 1.165) is 18.7 Å². The molecule has 3 heterocycles. The number of aromatic nitrogens is 4. The van der Waals surface area contributed by atoms with Gasteiger partial charge in [0, 0.05) is 43.2 Å². The summed E-state index contributed by atoms with van der Waals surface area (Å²) in [5.74, 6) is 0.592. The molecule has 0 spiro atoms. The van der Waals surface area contributed by atoms with Crippen LogP contribution in [0.1, 0.15) is 5.56 Å². The molecule has 0 bridgehead atoms. The summed E-state index contributed by atoms with van der Waals surface area (Å²) in [6.07, 6.45) is 4.97. The Morgan fingerprint density at radius 1 is 1.17 bits per heavy atom. The summed E-state index contributed by atoms with van der Waals surface area (Å²) in [6.45, 7) is 3.53. The predicted molar refractivity (Wildman–Crippen MR) is 113 cm³/mol. The lowest BCUT2D eigenvalue weighted by atomic mass is 10.2. The van der Waals surface area contributed by atoms with Gasteiger partial charge in [0.25, 0.3) is 5.69 Å². The minimum absolute atomic E-state index is 0.0274. The van der Waals surface area contributed by atoms with Crippen LogP contribution in [-0.2, 0) is 11.4 Å². The molecule has 1 aliphatic heterocycles. The van der Waals surface area contributed by atoms with Crippen molar-refractivity contribution < 1.29 is 9.66 Å². The van der Waals surface area contributed by atoms with Crippen LogP contribution in [0.4, 0.5) is 5.69 Å². The molecule has 0 amide bonds. The fourth-order valence-corrected chi connectivity index (χ4v) is 3.25. The number of nitro benzene ring substituents is 1. The molecule has 0 unspecified atom stereocenters. The van der Waals surface area contributed by atoms with Crippen molar-refractivity contribution in [3.63, 3.8) is 0 Å². The van der Waals surface area contributed by atoms with Crippen LogP contribution in [0.2, 0.25) is 0 Å². The number of hydrogen-bond donors (Lipinski definition) is 0. The number of hydrogen-bond acceptors (Lipinski definition) is 8. The van der Waals surface area contributed by atoms with Crippen LogP contribution in [0.3, 0.4) is 0 Å². The van der Waals surface area contributed by atoms with Gasteiger partial charge in [0.05, 0.1) is 31.0 Å². The van der Waals surface area contributed by atoms with E-state index in [1.807, 2.05) is 12.1 Å². The van der Waals surface area contributed by atoms with E-state index in [1.165, 1.54) is 12.1 Å². The smallest absolute Gasteiger partial charge is 0.269 e. The van der Waals surface area contributed by atoms with Crippen LogP contribution in [0.5, 0.6) is 0 Å². The molecule has 0 radical (unpaired) electrons. The monoisotopic (exact) mass is 425 g/mol. The molecule has 1 aliphatic rings.